The molecule has 36 heavy (non-hydrogen) atoms. The Morgan fingerprint density at radius 3 is 2.22 bits per heavy atom. The third-order valence-electron chi connectivity index (χ3n) is 5.89. The van der Waals surface area contributed by atoms with Crippen LogP contribution in [0.3, 0.4) is 0 Å². The minimum atomic E-state index is -1.01. The second-order valence-corrected chi connectivity index (χ2v) is 10.3. The zero-order valence-corrected chi connectivity index (χ0v) is 21.8. The molecule has 4 rings (SSSR count). The van der Waals surface area contributed by atoms with Crippen molar-refractivity contribution in [1.82, 2.24) is 10.4 Å². The number of carbonyl (C=O) groups is 2. The van der Waals surface area contributed by atoms with Crippen molar-refractivity contribution in [1.29, 1.82) is 0 Å². The smallest absolute Gasteiger partial charge is 0.428 e. The van der Waals surface area contributed by atoms with Gasteiger partial charge in [-0.3, -0.25) is 15.0 Å². The number of hydrogen-bond acceptors (Lipinski definition) is 4. The molecule has 7 nitrogen and oxygen atoms in total. The van der Waals surface area contributed by atoms with Gasteiger partial charge in [0, 0.05) is 22.5 Å². The first kappa shape index (κ1) is 25.4. The van der Waals surface area contributed by atoms with Gasteiger partial charge in [0.05, 0.1) is 5.54 Å². The third kappa shape index (κ3) is 5.12. The Hall–Kier alpha value is -3.69. The van der Waals surface area contributed by atoms with Gasteiger partial charge < -0.3 is 15.2 Å². The fourth-order valence-corrected chi connectivity index (χ4v) is 4.54. The summed E-state index contributed by atoms with van der Waals surface area (Å²) in [5, 5.41) is 15.8. The van der Waals surface area contributed by atoms with E-state index in [-0.39, 0.29) is 5.91 Å². The van der Waals surface area contributed by atoms with Crippen LogP contribution in [0.5, 0.6) is 0 Å². The molecule has 0 fully saturated rings. The zero-order valence-electron chi connectivity index (χ0n) is 21.0. The molecule has 0 saturated carbocycles. The highest BCUT2D eigenvalue weighted by Crippen LogP contribution is 2.23. The van der Waals surface area contributed by atoms with Gasteiger partial charge in [0.15, 0.2) is 5.11 Å². The first-order chi connectivity index (χ1) is 17.0. The second kappa shape index (κ2) is 9.75. The molecule has 3 aromatic rings. The summed E-state index contributed by atoms with van der Waals surface area (Å²) in [5.41, 5.74) is 6.76. The van der Waals surface area contributed by atoms with E-state index in [9.17, 15) is 14.6 Å². The average Bonchev–Trinajstić information content (AvgIpc) is 2.81. The molecule has 3 N–H and O–H groups in total. The standard InChI is InChI=1S/C27H29BN4O3S/c1-17-13-18(2)15-20(14-17)25(34)32(27(3,4)5)30-24(33)19-11-12-22-23(16-19)29-26(36)31(28(22)35)21-9-7-6-8-10-21/h6-16,35H,1-5H3,(H,29,36)(H,30,33). The molecule has 0 bridgehead atoms. The normalized spacial score (nSPS) is 13.1. The number of aryl methyl sites for hydroxylation is 2. The van der Waals surface area contributed by atoms with Crippen molar-refractivity contribution in [2.24, 2.45) is 0 Å². The fourth-order valence-electron chi connectivity index (χ4n) is 4.22. The van der Waals surface area contributed by atoms with Gasteiger partial charge >= 0.3 is 7.05 Å². The van der Waals surface area contributed by atoms with E-state index in [1.54, 1.807) is 23.0 Å². The first-order valence-corrected chi connectivity index (χ1v) is 12.1. The zero-order chi connectivity index (χ0) is 26.2. The Labute approximate surface area is 217 Å². The Balaban J connectivity index is 1.60. The summed E-state index contributed by atoms with van der Waals surface area (Å²) >= 11 is 5.50. The highest BCUT2D eigenvalue weighted by molar-refractivity contribution is 7.81. The summed E-state index contributed by atoms with van der Waals surface area (Å²) in [6.07, 6.45) is 0. The van der Waals surface area contributed by atoms with Gasteiger partial charge in [0.2, 0.25) is 0 Å². The molecule has 1 aliphatic rings. The molecule has 184 valence electrons. The van der Waals surface area contributed by atoms with Gasteiger partial charge in [-0.1, -0.05) is 41.5 Å². The van der Waals surface area contributed by atoms with Crippen LogP contribution in [-0.4, -0.2) is 39.5 Å². The Kier molecular flexibility index (Phi) is 6.89. The number of amides is 2. The quantitative estimate of drug-likeness (QED) is 0.288. The molecule has 0 saturated heterocycles. The number of thiocarbonyl (C=S) groups is 1. The van der Waals surface area contributed by atoms with E-state index in [0.29, 0.717) is 27.4 Å². The number of anilines is 2. The fraction of sp³-hybridized carbons (Fsp3) is 0.222. The minimum Gasteiger partial charge on any atom is -0.428 e. The summed E-state index contributed by atoms with van der Waals surface area (Å²) in [5.74, 6) is -0.744. The van der Waals surface area contributed by atoms with Crippen LogP contribution < -0.4 is 21.0 Å². The molecule has 3 aromatic carbocycles. The summed E-state index contributed by atoms with van der Waals surface area (Å²) in [6.45, 7) is 9.43. The molecule has 0 spiro atoms. The maximum absolute atomic E-state index is 13.4. The lowest BCUT2D eigenvalue weighted by Gasteiger charge is -2.36. The third-order valence-corrected chi connectivity index (χ3v) is 6.19. The Morgan fingerprint density at radius 1 is 0.972 bits per heavy atom. The predicted octanol–water partition coefficient (Wildman–Crippen LogP) is 3.79. The number of carbonyl (C=O) groups excluding carboxylic acids is 2. The van der Waals surface area contributed by atoms with E-state index in [0.717, 1.165) is 16.8 Å². The van der Waals surface area contributed by atoms with Crippen molar-refractivity contribution < 1.29 is 14.6 Å². The van der Waals surface area contributed by atoms with Crippen molar-refractivity contribution in [3.63, 3.8) is 0 Å². The number of hydrogen-bond donors (Lipinski definition) is 3. The lowest BCUT2D eigenvalue weighted by atomic mass is 9.69. The van der Waals surface area contributed by atoms with Crippen molar-refractivity contribution in [2.75, 3.05) is 10.1 Å². The van der Waals surface area contributed by atoms with Crippen molar-refractivity contribution in [3.05, 3.63) is 89.0 Å². The largest absolute Gasteiger partial charge is 0.457 e. The SMILES string of the molecule is Cc1cc(C)cc(C(=O)N(NC(=O)c2ccc3c(c2)NC(=S)N(c2ccccc2)B3O)C(C)(C)C)c1. The predicted molar refractivity (Wildman–Crippen MR) is 148 cm³/mol. The van der Waals surface area contributed by atoms with Crippen molar-refractivity contribution >= 4 is 53.0 Å². The first-order valence-electron chi connectivity index (χ1n) is 11.7. The Bertz CT molecular complexity index is 1320. The maximum Gasteiger partial charge on any atom is 0.457 e. The van der Waals surface area contributed by atoms with Crippen LogP contribution in [0, 0.1) is 13.8 Å². The number of fused-ring (bicyclic) bond motifs is 1. The minimum absolute atomic E-state index is 0.297. The molecule has 0 atom stereocenters. The van der Waals surface area contributed by atoms with Crippen LogP contribution in [-0.2, 0) is 0 Å². The van der Waals surface area contributed by atoms with Crippen molar-refractivity contribution in [3.8, 4) is 0 Å². The van der Waals surface area contributed by atoms with E-state index >= 15 is 0 Å². The summed E-state index contributed by atoms with van der Waals surface area (Å²) < 4.78 is 0. The summed E-state index contributed by atoms with van der Waals surface area (Å²) in [4.78, 5) is 28.3. The molecule has 2 amide bonds. The van der Waals surface area contributed by atoms with E-state index in [2.05, 4.69) is 10.7 Å². The molecular formula is C27H29BN4O3S. The lowest BCUT2D eigenvalue weighted by Crippen LogP contribution is -2.58. The van der Waals surface area contributed by atoms with E-state index in [1.807, 2.05) is 83.1 Å². The lowest BCUT2D eigenvalue weighted by molar-refractivity contribution is 0.0358. The van der Waals surface area contributed by atoms with Crippen LogP contribution in [0.15, 0.2) is 66.7 Å². The highest BCUT2D eigenvalue weighted by atomic mass is 32.1. The van der Waals surface area contributed by atoms with Gasteiger partial charge in [0.1, 0.15) is 0 Å². The van der Waals surface area contributed by atoms with E-state index < -0.39 is 18.5 Å². The molecular weight excluding hydrogens is 471 g/mol. The Morgan fingerprint density at radius 2 is 1.61 bits per heavy atom. The number of para-hydroxylation sites is 1. The van der Waals surface area contributed by atoms with Crippen LogP contribution in [0.25, 0.3) is 0 Å². The van der Waals surface area contributed by atoms with Gasteiger partial charge in [-0.2, -0.15) is 0 Å². The molecule has 0 aromatic heterocycles. The van der Waals surface area contributed by atoms with Crippen LogP contribution >= 0.6 is 12.2 Å². The van der Waals surface area contributed by atoms with Crippen molar-refractivity contribution in [2.45, 2.75) is 40.2 Å². The van der Waals surface area contributed by atoms with E-state index in [4.69, 9.17) is 12.2 Å². The van der Waals surface area contributed by atoms with Crippen LogP contribution in [0.2, 0.25) is 0 Å². The molecule has 9 heteroatoms. The van der Waals surface area contributed by atoms with Gasteiger partial charge in [-0.25, -0.2) is 5.01 Å². The summed E-state index contributed by atoms with van der Waals surface area (Å²) in [6, 6.07) is 19.9. The van der Waals surface area contributed by atoms with Gasteiger partial charge in [-0.05, 0) is 88.7 Å². The van der Waals surface area contributed by atoms with Crippen LogP contribution in [0.1, 0.15) is 52.6 Å². The molecule has 0 aliphatic carbocycles. The number of nitrogens with one attached hydrogen (secondary N) is 2. The number of nitrogens with zero attached hydrogens (tertiary/aromatic N) is 2. The molecule has 1 heterocycles. The second-order valence-electron chi connectivity index (χ2n) is 9.94. The topological polar surface area (TPSA) is 84.9 Å². The molecule has 0 radical (unpaired) electrons. The average molecular weight is 500 g/mol. The maximum atomic E-state index is 13.4. The summed E-state index contributed by atoms with van der Waals surface area (Å²) in [7, 11) is -1.01. The van der Waals surface area contributed by atoms with Gasteiger partial charge in [0.25, 0.3) is 11.8 Å². The number of rotatable bonds is 3. The van der Waals surface area contributed by atoms with E-state index in [1.165, 1.54) is 5.01 Å². The number of benzene rings is 3. The molecule has 1 aliphatic heterocycles. The number of hydrazine groups is 1. The highest BCUT2D eigenvalue weighted by Gasteiger charge is 2.36. The monoisotopic (exact) mass is 500 g/mol. The molecule has 0 unspecified atom stereocenters. The van der Waals surface area contributed by atoms with Gasteiger partial charge in [-0.15, -0.1) is 0 Å². The van der Waals surface area contributed by atoms with Crippen LogP contribution in [0.4, 0.5) is 11.4 Å².